The molecule has 4 nitrogen and oxygen atoms in total. The minimum atomic E-state index is -0.0565. The molecule has 1 unspecified atom stereocenters. The van der Waals surface area contributed by atoms with E-state index in [0.717, 1.165) is 25.9 Å². The van der Waals surface area contributed by atoms with Gasteiger partial charge in [0, 0.05) is 12.1 Å². The molecule has 0 saturated carbocycles. The van der Waals surface area contributed by atoms with Crippen LogP contribution in [0.2, 0.25) is 0 Å². The number of hydrogen-bond acceptors (Lipinski definition) is 4. The summed E-state index contributed by atoms with van der Waals surface area (Å²) in [7, 11) is 2.14. The van der Waals surface area contributed by atoms with Gasteiger partial charge in [0.1, 0.15) is 11.5 Å². The van der Waals surface area contributed by atoms with Crippen molar-refractivity contribution in [3.8, 4) is 11.5 Å². The summed E-state index contributed by atoms with van der Waals surface area (Å²) in [5.41, 5.74) is 0.576. The maximum absolute atomic E-state index is 9.79. The van der Waals surface area contributed by atoms with Crippen LogP contribution >= 0.6 is 0 Å². The number of unbranched alkanes of at least 4 members (excludes halogenated alkanes) is 1. The Kier molecular flexibility index (Phi) is 6.82. The molecule has 0 aromatic heterocycles. The predicted octanol–water partition coefficient (Wildman–Crippen LogP) is 2.87. The van der Waals surface area contributed by atoms with E-state index in [9.17, 15) is 10.2 Å². The Morgan fingerprint density at radius 2 is 1.70 bits per heavy atom. The average Bonchev–Trinajstić information content (AvgIpc) is 2.37. The number of phenols is 2. The Labute approximate surface area is 122 Å². The van der Waals surface area contributed by atoms with Crippen LogP contribution in [0, 0.1) is 0 Å². The van der Waals surface area contributed by atoms with Crippen molar-refractivity contribution in [3.05, 3.63) is 23.8 Å². The molecule has 0 amide bonds. The molecule has 1 atom stereocenters. The van der Waals surface area contributed by atoms with Gasteiger partial charge < -0.3 is 20.4 Å². The van der Waals surface area contributed by atoms with Gasteiger partial charge in [-0.05, 0) is 65.9 Å². The molecule has 0 heterocycles. The van der Waals surface area contributed by atoms with Crippen molar-refractivity contribution >= 4 is 0 Å². The van der Waals surface area contributed by atoms with E-state index in [0.29, 0.717) is 11.6 Å². The lowest BCUT2D eigenvalue weighted by atomic mass is 10.1. The molecule has 1 rings (SSSR count). The molecular formula is C16H28N2O2. The summed E-state index contributed by atoms with van der Waals surface area (Å²) in [5, 5.41) is 22.9. The lowest BCUT2D eigenvalue weighted by Crippen LogP contribution is -2.28. The first-order valence-electron chi connectivity index (χ1n) is 7.38. The van der Waals surface area contributed by atoms with E-state index in [1.165, 1.54) is 0 Å². The van der Waals surface area contributed by atoms with Crippen LogP contribution in [0.3, 0.4) is 0 Å². The van der Waals surface area contributed by atoms with Gasteiger partial charge in [-0.25, -0.2) is 0 Å². The van der Waals surface area contributed by atoms with Gasteiger partial charge in [0.25, 0.3) is 0 Å². The van der Waals surface area contributed by atoms with Gasteiger partial charge in [0.05, 0.1) is 5.56 Å². The molecule has 0 radical (unpaired) electrons. The third kappa shape index (κ3) is 5.02. The highest BCUT2D eigenvalue weighted by molar-refractivity contribution is 5.44. The van der Waals surface area contributed by atoms with Crippen LogP contribution in [-0.2, 0) is 0 Å². The average molecular weight is 280 g/mol. The first-order valence-corrected chi connectivity index (χ1v) is 7.38. The number of nitrogens with zero attached hydrogens (tertiary/aromatic N) is 1. The second kappa shape index (κ2) is 8.12. The van der Waals surface area contributed by atoms with Gasteiger partial charge in [-0.2, -0.15) is 0 Å². The summed E-state index contributed by atoms with van der Waals surface area (Å²) < 4.78 is 0. The van der Waals surface area contributed by atoms with Crippen molar-refractivity contribution in [1.29, 1.82) is 0 Å². The summed E-state index contributed by atoms with van der Waals surface area (Å²) in [6.45, 7) is 8.31. The molecule has 0 spiro atoms. The second-order valence-electron chi connectivity index (χ2n) is 5.67. The Morgan fingerprint density at radius 3 is 2.25 bits per heavy atom. The molecule has 4 heteroatoms. The predicted molar refractivity (Wildman–Crippen MR) is 83.2 cm³/mol. The van der Waals surface area contributed by atoms with E-state index in [-0.39, 0.29) is 17.5 Å². The number of rotatable bonds is 8. The standard InChI is InChI=1S/C16H28N2O2/c1-12(2)18(4)11-6-5-10-17-13(3)16-14(19)8-7-9-15(16)20/h7-9,12-13,17,19-20H,5-6,10-11H2,1-4H3. The van der Waals surface area contributed by atoms with Gasteiger partial charge >= 0.3 is 0 Å². The van der Waals surface area contributed by atoms with Crippen molar-refractivity contribution < 1.29 is 10.2 Å². The molecule has 0 saturated heterocycles. The van der Waals surface area contributed by atoms with Gasteiger partial charge in [-0.15, -0.1) is 0 Å². The van der Waals surface area contributed by atoms with Crippen molar-refractivity contribution in [1.82, 2.24) is 10.2 Å². The van der Waals surface area contributed by atoms with Crippen molar-refractivity contribution in [3.63, 3.8) is 0 Å². The molecule has 20 heavy (non-hydrogen) atoms. The van der Waals surface area contributed by atoms with Crippen molar-refractivity contribution in [2.45, 2.75) is 45.7 Å². The van der Waals surface area contributed by atoms with E-state index < -0.39 is 0 Å². The molecule has 3 N–H and O–H groups in total. The maximum Gasteiger partial charge on any atom is 0.124 e. The summed E-state index contributed by atoms with van der Waals surface area (Å²) in [5.74, 6) is 0.286. The molecule has 1 aromatic carbocycles. The second-order valence-corrected chi connectivity index (χ2v) is 5.67. The summed E-state index contributed by atoms with van der Waals surface area (Å²) >= 11 is 0. The van der Waals surface area contributed by atoms with Crippen LogP contribution in [0.5, 0.6) is 11.5 Å². The number of phenolic OH excluding ortho intramolecular Hbond substituents is 2. The molecule has 0 aliphatic heterocycles. The molecule has 1 aromatic rings. The summed E-state index contributed by atoms with van der Waals surface area (Å²) in [6, 6.07) is 5.37. The van der Waals surface area contributed by atoms with E-state index in [1.54, 1.807) is 18.2 Å². The zero-order valence-corrected chi connectivity index (χ0v) is 13.1. The third-order valence-electron chi connectivity index (χ3n) is 3.76. The van der Waals surface area contributed by atoms with Crippen LogP contribution in [0.15, 0.2) is 18.2 Å². The van der Waals surface area contributed by atoms with E-state index >= 15 is 0 Å². The largest absolute Gasteiger partial charge is 0.507 e. The topological polar surface area (TPSA) is 55.7 Å². The number of aromatic hydroxyl groups is 2. The molecule has 0 aliphatic carbocycles. The third-order valence-corrected chi connectivity index (χ3v) is 3.76. The minimum absolute atomic E-state index is 0.0565. The summed E-state index contributed by atoms with van der Waals surface area (Å²) in [6.07, 6.45) is 2.22. The van der Waals surface area contributed by atoms with E-state index in [4.69, 9.17) is 0 Å². The highest BCUT2D eigenvalue weighted by atomic mass is 16.3. The molecule has 0 aliphatic rings. The lowest BCUT2D eigenvalue weighted by molar-refractivity contribution is 0.267. The van der Waals surface area contributed by atoms with E-state index in [1.807, 2.05) is 6.92 Å². The first-order chi connectivity index (χ1) is 9.43. The van der Waals surface area contributed by atoms with Gasteiger partial charge in [0.15, 0.2) is 0 Å². The lowest BCUT2D eigenvalue weighted by Gasteiger charge is -2.21. The Morgan fingerprint density at radius 1 is 1.10 bits per heavy atom. The molecule has 0 bridgehead atoms. The summed E-state index contributed by atoms with van der Waals surface area (Å²) in [4.78, 5) is 2.33. The zero-order chi connectivity index (χ0) is 15.1. The Hall–Kier alpha value is -1.26. The first kappa shape index (κ1) is 16.8. The van der Waals surface area contributed by atoms with Crippen LogP contribution in [-0.4, -0.2) is 41.3 Å². The van der Waals surface area contributed by atoms with Crippen LogP contribution in [0.1, 0.15) is 45.2 Å². The fourth-order valence-corrected chi connectivity index (χ4v) is 2.15. The Balaban J connectivity index is 2.32. The van der Waals surface area contributed by atoms with Crippen LogP contribution in [0.4, 0.5) is 0 Å². The van der Waals surface area contributed by atoms with Gasteiger partial charge in [-0.3, -0.25) is 0 Å². The fraction of sp³-hybridized carbons (Fsp3) is 0.625. The minimum Gasteiger partial charge on any atom is -0.507 e. The smallest absolute Gasteiger partial charge is 0.124 e. The number of hydrogen-bond donors (Lipinski definition) is 3. The maximum atomic E-state index is 9.79. The normalized spacial score (nSPS) is 13.1. The molecule has 0 fully saturated rings. The quantitative estimate of drug-likeness (QED) is 0.641. The van der Waals surface area contributed by atoms with Crippen molar-refractivity contribution in [2.75, 3.05) is 20.1 Å². The van der Waals surface area contributed by atoms with Gasteiger partial charge in [0.2, 0.25) is 0 Å². The SMILES string of the molecule is CC(NCCCCN(C)C(C)C)c1c(O)cccc1O. The highest BCUT2D eigenvalue weighted by Gasteiger charge is 2.14. The fourth-order valence-electron chi connectivity index (χ4n) is 2.15. The molecule has 114 valence electrons. The highest BCUT2D eigenvalue weighted by Crippen LogP contribution is 2.31. The van der Waals surface area contributed by atoms with E-state index in [2.05, 4.69) is 31.1 Å². The zero-order valence-electron chi connectivity index (χ0n) is 13.1. The van der Waals surface area contributed by atoms with Crippen LogP contribution in [0.25, 0.3) is 0 Å². The Bertz CT molecular complexity index is 387. The number of benzene rings is 1. The number of nitrogens with one attached hydrogen (secondary N) is 1. The van der Waals surface area contributed by atoms with Crippen molar-refractivity contribution in [2.24, 2.45) is 0 Å². The molecular weight excluding hydrogens is 252 g/mol. The van der Waals surface area contributed by atoms with Crippen LogP contribution < -0.4 is 5.32 Å². The monoisotopic (exact) mass is 280 g/mol. The van der Waals surface area contributed by atoms with Gasteiger partial charge in [-0.1, -0.05) is 6.07 Å².